The van der Waals surface area contributed by atoms with Gasteiger partial charge in [0, 0.05) is 32.1 Å². The molecule has 1 heterocycles. The van der Waals surface area contributed by atoms with Gasteiger partial charge in [-0.25, -0.2) is 9.59 Å². The monoisotopic (exact) mass is 427 g/mol. The van der Waals surface area contributed by atoms with Crippen LogP contribution in [0.25, 0.3) is 0 Å². The number of hydrogen-bond acceptors (Lipinski definition) is 6. The number of likely N-dealkylation sites (N-methyl/N-ethyl adjacent to an activating group) is 1. The quantitative estimate of drug-likeness (QED) is 0.714. The molecule has 7 nitrogen and oxygen atoms in total. The third-order valence-electron chi connectivity index (χ3n) is 5.21. The van der Waals surface area contributed by atoms with Crippen molar-refractivity contribution in [2.45, 2.75) is 32.8 Å². The third-order valence-corrected chi connectivity index (χ3v) is 5.21. The predicted molar refractivity (Wildman–Crippen MR) is 123 cm³/mol. The van der Waals surface area contributed by atoms with Gasteiger partial charge in [-0.2, -0.15) is 0 Å². The van der Waals surface area contributed by atoms with Gasteiger partial charge < -0.3 is 19.3 Å². The van der Waals surface area contributed by atoms with Gasteiger partial charge in [0.2, 0.25) is 0 Å². The van der Waals surface area contributed by atoms with Crippen molar-refractivity contribution in [2.24, 2.45) is 5.92 Å². The van der Waals surface area contributed by atoms with E-state index < -0.39 is 17.7 Å². The number of hydrogen-bond donors (Lipinski definition) is 1. The van der Waals surface area contributed by atoms with E-state index in [0.29, 0.717) is 17.9 Å². The topological polar surface area (TPSA) is 71.1 Å². The Morgan fingerprint density at radius 3 is 2.52 bits per heavy atom. The van der Waals surface area contributed by atoms with Crippen LogP contribution in [0.5, 0.6) is 0 Å². The summed E-state index contributed by atoms with van der Waals surface area (Å²) in [7, 11) is 2.09. The molecule has 1 aliphatic carbocycles. The molecule has 0 unspecified atom stereocenters. The van der Waals surface area contributed by atoms with E-state index in [9.17, 15) is 9.59 Å². The summed E-state index contributed by atoms with van der Waals surface area (Å²) in [4.78, 5) is 29.6. The Kier molecular flexibility index (Phi) is 7.38. The van der Waals surface area contributed by atoms with Gasteiger partial charge in [-0.3, -0.25) is 5.32 Å². The highest BCUT2D eigenvalue weighted by Gasteiger charge is 2.23. The summed E-state index contributed by atoms with van der Waals surface area (Å²) in [5, 5.41) is 2.85. The summed E-state index contributed by atoms with van der Waals surface area (Å²) >= 11 is 0. The smallest absolute Gasteiger partial charge is 0.411 e. The van der Waals surface area contributed by atoms with Crippen LogP contribution in [0, 0.1) is 5.92 Å². The Morgan fingerprint density at radius 2 is 1.87 bits per heavy atom. The maximum absolute atomic E-state index is 12.6. The van der Waals surface area contributed by atoms with Crippen LogP contribution in [-0.2, 0) is 9.47 Å². The van der Waals surface area contributed by atoms with Crippen molar-refractivity contribution < 1.29 is 19.1 Å². The Hall–Kier alpha value is -2.80. The first-order valence-electron chi connectivity index (χ1n) is 10.8. The number of esters is 1. The van der Waals surface area contributed by atoms with E-state index >= 15 is 0 Å². The van der Waals surface area contributed by atoms with Gasteiger partial charge in [0.25, 0.3) is 0 Å². The molecule has 1 aliphatic heterocycles. The van der Waals surface area contributed by atoms with E-state index in [4.69, 9.17) is 9.47 Å². The molecule has 1 atom stereocenters. The Bertz CT molecular complexity index is 849. The highest BCUT2D eigenvalue weighted by Crippen LogP contribution is 2.29. The molecule has 3 rings (SSSR count). The van der Waals surface area contributed by atoms with E-state index in [-0.39, 0.29) is 5.92 Å². The molecule has 31 heavy (non-hydrogen) atoms. The second-order valence-corrected chi connectivity index (χ2v) is 9.06. The Balaban J connectivity index is 1.75. The highest BCUT2D eigenvalue weighted by molar-refractivity contribution is 5.96. The number of carbonyl (C=O) groups excluding carboxylic acids is 2. The average Bonchev–Trinajstić information content (AvgIpc) is 2.72. The summed E-state index contributed by atoms with van der Waals surface area (Å²) in [6.07, 6.45) is 8.37. The van der Waals surface area contributed by atoms with Gasteiger partial charge in [0.05, 0.1) is 23.5 Å². The van der Waals surface area contributed by atoms with Crippen molar-refractivity contribution in [1.82, 2.24) is 4.90 Å². The van der Waals surface area contributed by atoms with E-state index in [0.717, 1.165) is 38.3 Å². The zero-order valence-electron chi connectivity index (χ0n) is 18.9. The van der Waals surface area contributed by atoms with E-state index in [1.165, 1.54) is 0 Å². The highest BCUT2D eigenvalue weighted by atomic mass is 16.6. The number of allylic oxidation sites excluding steroid dienone is 3. The molecule has 0 spiro atoms. The maximum atomic E-state index is 12.6. The average molecular weight is 428 g/mol. The second kappa shape index (κ2) is 10.0. The first kappa shape index (κ1) is 22.9. The molecule has 0 aromatic heterocycles. The molecular weight excluding hydrogens is 394 g/mol. The molecular formula is C24H33N3O4. The third kappa shape index (κ3) is 6.85. The first-order chi connectivity index (χ1) is 14.7. The van der Waals surface area contributed by atoms with Crippen LogP contribution >= 0.6 is 0 Å². The van der Waals surface area contributed by atoms with Crippen molar-refractivity contribution in [1.29, 1.82) is 0 Å². The molecule has 7 heteroatoms. The fraction of sp³-hybridized carbons (Fsp3) is 0.500. The fourth-order valence-corrected chi connectivity index (χ4v) is 3.51. The molecule has 1 N–H and O–H groups in total. The molecule has 1 aromatic carbocycles. The molecule has 2 aliphatic rings. The molecule has 1 saturated heterocycles. The number of anilines is 2. The van der Waals surface area contributed by atoms with Gasteiger partial charge in [-0.1, -0.05) is 24.3 Å². The molecule has 168 valence electrons. The number of ether oxygens (including phenoxy) is 2. The van der Waals surface area contributed by atoms with Crippen molar-refractivity contribution in [3.8, 4) is 0 Å². The second-order valence-electron chi connectivity index (χ2n) is 9.06. The SMILES string of the molecule is CN1CCN(c2ccc(C(=O)OC(C)(C)C)cc2NC(=O)OC[C@@H]2C=CC=CC2)CC1. The molecule has 1 aromatic rings. The lowest BCUT2D eigenvalue weighted by Crippen LogP contribution is -2.44. The minimum atomic E-state index is -0.596. The van der Waals surface area contributed by atoms with Crippen LogP contribution in [0.15, 0.2) is 42.5 Å². The number of piperazine rings is 1. The predicted octanol–water partition coefficient (Wildman–Crippen LogP) is 4.07. The molecule has 1 fully saturated rings. The standard InChI is InChI=1S/C24H33N3O4/c1-24(2,3)31-22(28)19-10-11-21(27-14-12-26(4)13-15-27)20(16-19)25-23(29)30-17-18-8-6-5-7-9-18/h5-8,10-11,16,18H,9,12-15,17H2,1-4H3,(H,25,29)/t18-/m1/s1. The van der Waals surface area contributed by atoms with Crippen LogP contribution in [0.3, 0.4) is 0 Å². The molecule has 0 bridgehead atoms. The number of rotatable bonds is 5. The van der Waals surface area contributed by atoms with Crippen molar-refractivity contribution in [3.05, 3.63) is 48.1 Å². The van der Waals surface area contributed by atoms with Crippen LogP contribution in [0.4, 0.5) is 16.2 Å². The van der Waals surface area contributed by atoms with Crippen LogP contribution < -0.4 is 10.2 Å². The van der Waals surface area contributed by atoms with Gasteiger partial charge in [-0.05, 0) is 52.4 Å². The van der Waals surface area contributed by atoms with Crippen molar-refractivity contribution >= 4 is 23.4 Å². The van der Waals surface area contributed by atoms with Gasteiger partial charge in [-0.15, -0.1) is 0 Å². The lowest BCUT2D eigenvalue weighted by atomic mass is 10.0. The lowest BCUT2D eigenvalue weighted by molar-refractivity contribution is 0.00695. The van der Waals surface area contributed by atoms with Gasteiger partial charge in [0.1, 0.15) is 5.60 Å². The largest absolute Gasteiger partial charge is 0.456 e. The summed E-state index contributed by atoms with van der Waals surface area (Å²) < 4.78 is 10.9. The minimum absolute atomic E-state index is 0.181. The first-order valence-corrected chi connectivity index (χ1v) is 10.8. The van der Waals surface area contributed by atoms with E-state index in [1.54, 1.807) is 12.1 Å². The van der Waals surface area contributed by atoms with Crippen LogP contribution in [0.2, 0.25) is 0 Å². The molecule has 0 saturated carbocycles. The molecule has 1 amide bonds. The summed E-state index contributed by atoms with van der Waals surface area (Å²) in [6, 6.07) is 5.29. The van der Waals surface area contributed by atoms with Gasteiger partial charge in [0.15, 0.2) is 0 Å². The zero-order valence-corrected chi connectivity index (χ0v) is 18.9. The number of amides is 1. The normalized spacial score (nSPS) is 19.2. The number of nitrogens with zero attached hydrogens (tertiary/aromatic N) is 2. The van der Waals surface area contributed by atoms with Crippen LogP contribution in [0.1, 0.15) is 37.6 Å². The maximum Gasteiger partial charge on any atom is 0.411 e. The number of benzene rings is 1. The van der Waals surface area contributed by atoms with E-state index in [1.807, 2.05) is 45.1 Å². The van der Waals surface area contributed by atoms with E-state index in [2.05, 4.69) is 28.2 Å². The zero-order chi connectivity index (χ0) is 22.4. The summed E-state index contributed by atoms with van der Waals surface area (Å²) in [5.41, 5.74) is 1.22. The fourth-order valence-electron chi connectivity index (χ4n) is 3.51. The Morgan fingerprint density at radius 1 is 1.13 bits per heavy atom. The van der Waals surface area contributed by atoms with Crippen LogP contribution in [-0.4, -0.2) is 62.4 Å². The summed E-state index contributed by atoms with van der Waals surface area (Å²) in [6.45, 7) is 9.33. The minimum Gasteiger partial charge on any atom is -0.456 e. The number of nitrogens with one attached hydrogen (secondary N) is 1. The number of carbonyl (C=O) groups is 2. The summed E-state index contributed by atoms with van der Waals surface area (Å²) in [5.74, 6) is -0.242. The van der Waals surface area contributed by atoms with Gasteiger partial charge >= 0.3 is 12.1 Å². The Labute approximate surface area is 184 Å². The molecule has 0 radical (unpaired) electrons. The lowest BCUT2D eigenvalue weighted by Gasteiger charge is -2.35. The van der Waals surface area contributed by atoms with Crippen molar-refractivity contribution in [3.63, 3.8) is 0 Å². The van der Waals surface area contributed by atoms with Crippen molar-refractivity contribution in [2.75, 3.05) is 50.1 Å².